The number of hydrogen-bond donors (Lipinski definition) is 2. The van der Waals surface area contributed by atoms with Crippen molar-refractivity contribution in [2.24, 2.45) is 11.8 Å². The first kappa shape index (κ1) is 19.6. The van der Waals surface area contributed by atoms with Crippen LogP contribution >= 0.6 is 0 Å². The topological polar surface area (TPSA) is 93.1 Å². The summed E-state index contributed by atoms with van der Waals surface area (Å²) < 4.78 is 25.4. The van der Waals surface area contributed by atoms with Crippen LogP contribution < -0.4 is 10.6 Å². The van der Waals surface area contributed by atoms with Crippen LogP contribution in [0.1, 0.15) is 26.2 Å². The van der Waals surface area contributed by atoms with Crippen molar-refractivity contribution in [2.45, 2.75) is 31.1 Å². The van der Waals surface area contributed by atoms with E-state index in [0.29, 0.717) is 29.6 Å². The molecule has 2 heterocycles. The third kappa shape index (κ3) is 4.95. The number of hydrogen-bond acceptors (Lipinski definition) is 5. The summed E-state index contributed by atoms with van der Waals surface area (Å²) in [5.74, 6) is 0.853. The average molecular weight is 391 g/mol. The minimum Gasteiger partial charge on any atom is -0.323 e. The van der Waals surface area contributed by atoms with Crippen LogP contribution in [0.25, 0.3) is 5.69 Å². The van der Waals surface area contributed by atoms with Gasteiger partial charge in [0.05, 0.1) is 28.7 Å². The van der Waals surface area contributed by atoms with Gasteiger partial charge in [0.1, 0.15) is 0 Å². The second kappa shape index (κ2) is 8.22. The number of carbonyl (C=O) groups is 1. The number of rotatable bonds is 6. The molecule has 0 aliphatic carbocycles. The smallest absolute Gasteiger partial charge is 0.224 e. The summed E-state index contributed by atoms with van der Waals surface area (Å²) in [5, 5.41) is 10.4. The first-order chi connectivity index (χ1) is 12.8. The Labute approximate surface area is 160 Å². The number of sulfone groups is 1. The predicted molar refractivity (Wildman–Crippen MR) is 105 cm³/mol. The molecule has 1 unspecified atom stereocenters. The molecule has 3 rings (SSSR count). The molecule has 1 fully saturated rings. The molecule has 1 atom stereocenters. The summed E-state index contributed by atoms with van der Waals surface area (Å²) in [6, 6.07) is 6.67. The van der Waals surface area contributed by atoms with Crippen LogP contribution in [0.3, 0.4) is 0 Å². The van der Waals surface area contributed by atoms with Crippen molar-refractivity contribution < 1.29 is 13.2 Å². The zero-order valence-corrected chi connectivity index (χ0v) is 16.5. The van der Waals surface area contributed by atoms with Crippen LogP contribution in [0.4, 0.5) is 5.69 Å². The molecular weight excluding hydrogens is 364 g/mol. The number of carbonyl (C=O) groups excluding carboxylic acids is 1. The molecule has 0 saturated carbocycles. The van der Waals surface area contributed by atoms with Gasteiger partial charge in [-0.2, -0.15) is 5.10 Å². The van der Waals surface area contributed by atoms with Gasteiger partial charge in [-0.25, -0.2) is 13.1 Å². The minimum absolute atomic E-state index is 0.0445. The van der Waals surface area contributed by atoms with Crippen LogP contribution in [0.15, 0.2) is 41.6 Å². The Morgan fingerprint density at radius 2 is 2.04 bits per heavy atom. The minimum atomic E-state index is -3.38. The number of nitrogens with zero attached hydrogens (tertiary/aromatic N) is 2. The molecule has 7 nitrogen and oxygen atoms in total. The number of nitrogens with one attached hydrogen (secondary N) is 2. The highest BCUT2D eigenvalue weighted by molar-refractivity contribution is 7.90. The van der Waals surface area contributed by atoms with Crippen molar-refractivity contribution in [3.05, 3.63) is 36.7 Å². The van der Waals surface area contributed by atoms with E-state index in [9.17, 15) is 13.2 Å². The summed E-state index contributed by atoms with van der Waals surface area (Å²) in [4.78, 5) is 12.6. The van der Waals surface area contributed by atoms with Crippen LogP contribution in [-0.4, -0.2) is 43.5 Å². The van der Waals surface area contributed by atoms with E-state index >= 15 is 0 Å². The third-order valence-corrected chi connectivity index (χ3v) is 6.22. The van der Waals surface area contributed by atoms with Crippen LogP contribution in [0, 0.1) is 11.8 Å². The molecule has 1 aliphatic heterocycles. The number of amides is 1. The fourth-order valence-electron chi connectivity index (χ4n) is 3.56. The molecule has 1 aliphatic rings. The Balaban J connectivity index is 1.67. The van der Waals surface area contributed by atoms with Crippen molar-refractivity contribution >= 4 is 21.4 Å². The lowest BCUT2D eigenvalue weighted by Gasteiger charge is -2.27. The van der Waals surface area contributed by atoms with E-state index < -0.39 is 9.84 Å². The fraction of sp³-hybridized carbons (Fsp3) is 0.474. The molecule has 27 heavy (non-hydrogen) atoms. The molecule has 0 radical (unpaired) electrons. The second-order valence-electron chi connectivity index (χ2n) is 7.23. The fourth-order valence-corrected chi connectivity index (χ4v) is 4.43. The highest BCUT2D eigenvalue weighted by Crippen LogP contribution is 2.25. The van der Waals surface area contributed by atoms with Gasteiger partial charge in [0, 0.05) is 12.7 Å². The van der Waals surface area contributed by atoms with Crippen LogP contribution in [0.2, 0.25) is 0 Å². The van der Waals surface area contributed by atoms with E-state index in [0.717, 1.165) is 25.9 Å². The lowest BCUT2D eigenvalue weighted by Crippen LogP contribution is -2.32. The molecule has 146 valence electrons. The summed E-state index contributed by atoms with van der Waals surface area (Å²) in [5.41, 5.74) is 1.02. The van der Waals surface area contributed by atoms with E-state index in [4.69, 9.17) is 0 Å². The van der Waals surface area contributed by atoms with Gasteiger partial charge in [-0.05, 0) is 49.9 Å². The monoisotopic (exact) mass is 390 g/mol. The molecule has 1 aromatic heterocycles. The Morgan fingerprint density at radius 1 is 1.33 bits per heavy atom. The zero-order valence-electron chi connectivity index (χ0n) is 15.7. The van der Waals surface area contributed by atoms with Gasteiger partial charge in [0.25, 0.3) is 0 Å². The van der Waals surface area contributed by atoms with Gasteiger partial charge in [-0.15, -0.1) is 0 Å². The maximum absolute atomic E-state index is 12.4. The maximum Gasteiger partial charge on any atom is 0.224 e. The van der Waals surface area contributed by atoms with Crippen molar-refractivity contribution in [1.29, 1.82) is 0 Å². The van der Waals surface area contributed by atoms with Gasteiger partial charge in [0.2, 0.25) is 5.91 Å². The highest BCUT2D eigenvalue weighted by atomic mass is 32.2. The quantitative estimate of drug-likeness (QED) is 0.789. The SMILES string of the molecule is CC(CC(=O)Nc1cnn(-c2ccccc2S(C)(=O)=O)c1)C1CCNCC1. The second-order valence-corrected chi connectivity index (χ2v) is 9.21. The van der Waals surface area contributed by atoms with Crippen LogP contribution in [0.5, 0.6) is 0 Å². The van der Waals surface area contributed by atoms with Gasteiger partial charge in [-0.3, -0.25) is 4.79 Å². The van der Waals surface area contributed by atoms with Crippen molar-refractivity contribution in [3.8, 4) is 5.69 Å². The van der Waals surface area contributed by atoms with Crippen molar-refractivity contribution in [3.63, 3.8) is 0 Å². The maximum atomic E-state index is 12.4. The van der Waals surface area contributed by atoms with Gasteiger partial charge < -0.3 is 10.6 Å². The Hall–Kier alpha value is -2.19. The van der Waals surface area contributed by atoms with E-state index in [-0.39, 0.29) is 10.8 Å². The molecule has 2 aromatic rings. The van der Waals surface area contributed by atoms with E-state index in [2.05, 4.69) is 22.7 Å². The van der Waals surface area contributed by atoms with Gasteiger partial charge >= 0.3 is 0 Å². The van der Waals surface area contributed by atoms with Gasteiger partial charge in [-0.1, -0.05) is 19.1 Å². The lowest BCUT2D eigenvalue weighted by atomic mass is 9.84. The van der Waals surface area contributed by atoms with E-state index in [1.54, 1.807) is 30.5 Å². The van der Waals surface area contributed by atoms with Crippen molar-refractivity contribution in [1.82, 2.24) is 15.1 Å². The molecule has 0 spiro atoms. The zero-order chi connectivity index (χ0) is 19.4. The summed E-state index contributed by atoms with van der Waals surface area (Å²) >= 11 is 0. The first-order valence-electron chi connectivity index (χ1n) is 9.19. The van der Waals surface area contributed by atoms with E-state index in [1.165, 1.54) is 17.1 Å². The standard InChI is InChI=1S/C19H26N4O3S/c1-14(15-7-9-20-10-8-15)11-19(24)22-16-12-21-23(13-16)17-5-3-4-6-18(17)27(2,25)26/h3-6,12-15,20H,7-11H2,1-2H3,(H,22,24). The molecule has 8 heteroatoms. The summed E-state index contributed by atoms with van der Waals surface area (Å²) in [6.07, 6.45) is 7.02. The van der Waals surface area contributed by atoms with Gasteiger partial charge in [0.15, 0.2) is 9.84 Å². The lowest BCUT2D eigenvalue weighted by molar-refractivity contribution is -0.117. The summed E-state index contributed by atoms with van der Waals surface area (Å²) in [6.45, 7) is 4.16. The summed E-state index contributed by atoms with van der Waals surface area (Å²) in [7, 11) is -3.38. The molecule has 0 bridgehead atoms. The van der Waals surface area contributed by atoms with E-state index in [1.807, 2.05) is 0 Å². The third-order valence-electron chi connectivity index (χ3n) is 5.07. The Morgan fingerprint density at radius 3 is 2.74 bits per heavy atom. The number of piperidine rings is 1. The largest absolute Gasteiger partial charge is 0.323 e. The normalized spacial score (nSPS) is 16.8. The highest BCUT2D eigenvalue weighted by Gasteiger charge is 2.22. The van der Waals surface area contributed by atoms with Crippen LogP contribution in [-0.2, 0) is 14.6 Å². The first-order valence-corrected chi connectivity index (χ1v) is 11.1. The number of para-hydroxylation sites is 1. The molecule has 2 N–H and O–H groups in total. The Bertz CT molecular complexity index is 901. The molecule has 1 saturated heterocycles. The molecule has 1 amide bonds. The molecular formula is C19H26N4O3S. The predicted octanol–water partition coefficient (Wildman–Crippen LogP) is 2.24. The van der Waals surface area contributed by atoms with Crippen molar-refractivity contribution in [2.75, 3.05) is 24.7 Å². The number of benzene rings is 1. The molecule has 1 aromatic carbocycles. The Kier molecular flexibility index (Phi) is 5.96. The average Bonchev–Trinajstić information content (AvgIpc) is 3.10. The number of aromatic nitrogens is 2. The number of anilines is 1.